The van der Waals surface area contributed by atoms with E-state index < -0.39 is 17.5 Å². The molecule has 3 aromatic rings. The first kappa shape index (κ1) is 28.9. The van der Waals surface area contributed by atoms with Crippen LogP contribution < -0.4 is 0 Å². The molecule has 0 unspecified atom stereocenters. The van der Waals surface area contributed by atoms with Crippen LogP contribution in [0.25, 0.3) is 22.5 Å². The molecule has 2 aliphatic heterocycles. The zero-order valence-electron chi connectivity index (χ0n) is 23.0. The van der Waals surface area contributed by atoms with E-state index >= 15 is 0 Å². The van der Waals surface area contributed by atoms with Gasteiger partial charge in [-0.3, -0.25) is 9.78 Å². The average Bonchev–Trinajstić information content (AvgIpc) is 3.29. The van der Waals surface area contributed by atoms with Gasteiger partial charge in [-0.1, -0.05) is 23.7 Å². The van der Waals surface area contributed by atoms with Crippen LogP contribution in [-0.2, 0) is 22.3 Å². The van der Waals surface area contributed by atoms with Crippen LogP contribution in [0, 0.1) is 5.41 Å². The van der Waals surface area contributed by atoms with Crippen molar-refractivity contribution in [2.75, 3.05) is 26.2 Å². The molecule has 0 N–H and O–H groups in total. The number of halogens is 4. The first-order chi connectivity index (χ1) is 19.2. The predicted octanol–water partition coefficient (Wildman–Crippen LogP) is 6.14. The summed E-state index contributed by atoms with van der Waals surface area (Å²) in [6.45, 7) is 7.67. The van der Waals surface area contributed by atoms with Crippen molar-refractivity contribution in [1.29, 1.82) is 0 Å². The fourth-order valence-electron chi connectivity index (χ4n) is 5.37. The van der Waals surface area contributed by atoms with Crippen LogP contribution in [0.15, 0.2) is 48.9 Å². The maximum Gasteiger partial charge on any atom is 0.433 e. The highest BCUT2D eigenvalue weighted by atomic mass is 35.5. The van der Waals surface area contributed by atoms with E-state index in [1.807, 2.05) is 20.8 Å². The molecule has 2 aliphatic rings. The third-order valence-corrected chi connectivity index (χ3v) is 7.72. The van der Waals surface area contributed by atoms with E-state index in [9.17, 15) is 22.8 Å². The highest BCUT2D eigenvalue weighted by Gasteiger charge is 2.48. The van der Waals surface area contributed by atoms with E-state index in [-0.39, 0.29) is 29.5 Å². The normalized spacial score (nSPS) is 17.0. The number of hydrogen-bond donors (Lipinski definition) is 0. The summed E-state index contributed by atoms with van der Waals surface area (Å²) in [6, 6.07) is 9.25. The molecule has 12 heteroatoms. The average molecular weight is 590 g/mol. The number of rotatable bonds is 4. The number of carbonyl (C=O) groups is 2. The molecule has 8 nitrogen and oxygen atoms in total. The Labute approximate surface area is 241 Å². The summed E-state index contributed by atoms with van der Waals surface area (Å²) in [5.41, 5.74) is 0.105. The lowest BCUT2D eigenvalue weighted by Gasteiger charge is -2.53. The minimum Gasteiger partial charge on any atom is -0.444 e. The summed E-state index contributed by atoms with van der Waals surface area (Å²) in [4.78, 5) is 37.2. The summed E-state index contributed by atoms with van der Waals surface area (Å²) in [7, 11) is 0. The van der Waals surface area contributed by atoms with Crippen molar-refractivity contribution in [3.05, 3.63) is 59.6 Å². The maximum atomic E-state index is 13.5. The minimum atomic E-state index is -4.62. The SMILES string of the molecule is CC(C)(C)OC(=O)N1CC2(CCN(C(=O)Cn3cnc(-c4ccc(Cl)cc4)c3-c3ccnc(C(F)(F)F)c3)CC2)C1. The number of ether oxygens (including phenoxy) is 1. The smallest absolute Gasteiger partial charge is 0.433 e. The van der Waals surface area contributed by atoms with Crippen LogP contribution in [0.4, 0.5) is 18.0 Å². The molecular weight excluding hydrogens is 559 g/mol. The van der Waals surface area contributed by atoms with Crippen LogP contribution in [0.3, 0.4) is 0 Å². The molecular formula is C29H31ClF3N5O3. The van der Waals surface area contributed by atoms with E-state index in [4.69, 9.17) is 16.3 Å². The fourth-order valence-corrected chi connectivity index (χ4v) is 5.49. The Balaban J connectivity index is 1.32. The molecule has 5 rings (SSSR count). The number of benzene rings is 1. The van der Waals surface area contributed by atoms with Gasteiger partial charge in [-0.25, -0.2) is 9.78 Å². The lowest BCUT2D eigenvalue weighted by atomic mass is 9.72. The number of amides is 2. The Morgan fingerprint density at radius 3 is 2.24 bits per heavy atom. The second-order valence-electron chi connectivity index (χ2n) is 11.7. The summed E-state index contributed by atoms with van der Waals surface area (Å²) >= 11 is 6.04. The number of hydrogen-bond acceptors (Lipinski definition) is 5. The van der Waals surface area contributed by atoms with Gasteiger partial charge in [0.05, 0.1) is 17.7 Å². The zero-order valence-corrected chi connectivity index (χ0v) is 23.8. The number of likely N-dealkylation sites (tertiary alicyclic amines) is 2. The van der Waals surface area contributed by atoms with E-state index in [2.05, 4.69) is 9.97 Å². The van der Waals surface area contributed by atoms with Gasteiger partial charge in [0.15, 0.2) is 0 Å². The summed E-state index contributed by atoms with van der Waals surface area (Å²) in [5.74, 6) is -0.158. The molecule has 1 aromatic carbocycles. The third-order valence-electron chi connectivity index (χ3n) is 7.47. The van der Waals surface area contributed by atoms with Crippen molar-refractivity contribution >= 4 is 23.6 Å². The number of piperidine rings is 1. The van der Waals surface area contributed by atoms with Crippen molar-refractivity contribution < 1.29 is 27.5 Å². The molecule has 2 aromatic heterocycles. The van der Waals surface area contributed by atoms with E-state index in [1.165, 1.54) is 12.4 Å². The number of alkyl halides is 3. The van der Waals surface area contributed by atoms with Crippen molar-refractivity contribution in [2.24, 2.45) is 5.41 Å². The van der Waals surface area contributed by atoms with Gasteiger partial charge >= 0.3 is 12.3 Å². The molecule has 4 heterocycles. The first-order valence-electron chi connectivity index (χ1n) is 13.3. The number of aromatic nitrogens is 3. The van der Waals surface area contributed by atoms with Gasteiger partial charge in [0, 0.05) is 53.9 Å². The Kier molecular flexibility index (Phi) is 7.52. The topological polar surface area (TPSA) is 80.6 Å². The molecule has 2 amide bonds. The van der Waals surface area contributed by atoms with Gasteiger partial charge in [-0.05, 0) is 57.9 Å². The van der Waals surface area contributed by atoms with Gasteiger partial charge < -0.3 is 19.1 Å². The molecule has 0 radical (unpaired) electrons. The van der Waals surface area contributed by atoms with Crippen molar-refractivity contribution in [1.82, 2.24) is 24.3 Å². The molecule has 218 valence electrons. The van der Waals surface area contributed by atoms with Gasteiger partial charge in [0.2, 0.25) is 5.91 Å². The van der Waals surface area contributed by atoms with Gasteiger partial charge in [-0.15, -0.1) is 0 Å². The summed E-state index contributed by atoms with van der Waals surface area (Å²) in [5, 5.41) is 0.511. The fraction of sp³-hybridized carbons (Fsp3) is 0.448. The highest BCUT2D eigenvalue weighted by Crippen LogP contribution is 2.41. The van der Waals surface area contributed by atoms with Crippen LogP contribution in [0.1, 0.15) is 39.3 Å². The molecule has 2 saturated heterocycles. The van der Waals surface area contributed by atoms with Crippen LogP contribution in [0.5, 0.6) is 0 Å². The molecule has 1 spiro atoms. The summed E-state index contributed by atoms with van der Waals surface area (Å²) < 4.78 is 47.5. The molecule has 0 saturated carbocycles. The number of pyridine rings is 1. The monoisotopic (exact) mass is 589 g/mol. The summed E-state index contributed by atoms with van der Waals surface area (Å²) in [6.07, 6.45) is -0.862. The number of nitrogens with zero attached hydrogens (tertiary/aromatic N) is 5. The Morgan fingerprint density at radius 1 is 0.976 bits per heavy atom. The highest BCUT2D eigenvalue weighted by molar-refractivity contribution is 6.30. The largest absolute Gasteiger partial charge is 0.444 e. The molecule has 2 fully saturated rings. The maximum absolute atomic E-state index is 13.5. The Bertz CT molecular complexity index is 1430. The minimum absolute atomic E-state index is 0.0271. The predicted molar refractivity (Wildman–Crippen MR) is 147 cm³/mol. The third kappa shape index (κ3) is 6.34. The van der Waals surface area contributed by atoms with E-state index in [0.29, 0.717) is 48.2 Å². The van der Waals surface area contributed by atoms with Crippen molar-refractivity contribution in [3.63, 3.8) is 0 Å². The second kappa shape index (κ2) is 10.7. The van der Waals surface area contributed by atoms with Crippen LogP contribution in [-0.4, -0.2) is 68.1 Å². The van der Waals surface area contributed by atoms with Crippen molar-refractivity contribution in [3.8, 4) is 22.5 Å². The van der Waals surface area contributed by atoms with Gasteiger partial charge in [0.1, 0.15) is 17.8 Å². The van der Waals surface area contributed by atoms with Gasteiger partial charge in [0.25, 0.3) is 0 Å². The second-order valence-corrected chi connectivity index (χ2v) is 12.2. The molecule has 0 atom stereocenters. The lowest BCUT2D eigenvalue weighted by molar-refractivity contribution is -0.141. The lowest BCUT2D eigenvalue weighted by Crippen LogP contribution is -2.62. The first-order valence-corrected chi connectivity index (χ1v) is 13.7. The molecule has 0 aliphatic carbocycles. The van der Waals surface area contributed by atoms with E-state index in [0.717, 1.165) is 25.1 Å². The molecule has 0 bridgehead atoms. The Hall–Kier alpha value is -3.60. The standard InChI is InChI=1S/C29H31ClF3N5O3/c1-27(2,3)41-26(40)38-16-28(17-38)9-12-36(13-10-28)23(39)15-37-18-35-24(19-4-6-21(30)7-5-19)25(37)20-8-11-34-22(14-20)29(31,32)33/h4-8,11,14,18H,9-10,12-13,15-17H2,1-3H3. The van der Waals surface area contributed by atoms with Gasteiger partial charge in [-0.2, -0.15) is 13.2 Å². The number of carbonyl (C=O) groups excluding carboxylic acids is 2. The van der Waals surface area contributed by atoms with Crippen LogP contribution in [0.2, 0.25) is 5.02 Å². The van der Waals surface area contributed by atoms with Crippen molar-refractivity contribution in [2.45, 2.75) is 51.9 Å². The zero-order chi connectivity index (χ0) is 29.6. The quantitative estimate of drug-likeness (QED) is 0.365. The molecule has 41 heavy (non-hydrogen) atoms. The Morgan fingerprint density at radius 2 is 1.63 bits per heavy atom. The van der Waals surface area contributed by atoms with Crippen LogP contribution >= 0.6 is 11.6 Å². The van der Waals surface area contributed by atoms with E-state index in [1.54, 1.807) is 38.6 Å². The number of imidazole rings is 1.